The van der Waals surface area contributed by atoms with Crippen LogP contribution in [0.4, 0.5) is 0 Å². The van der Waals surface area contributed by atoms with Gasteiger partial charge in [0.15, 0.2) is 5.76 Å². The van der Waals surface area contributed by atoms with Gasteiger partial charge in [-0.25, -0.2) is 0 Å². The molecule has 0 radical (unpaired) electrons. The highest BCUT2D eigenvalue weighted by atomic mass is 16.6. The summed E-state index contributed by atoms with van der Waals surface area (Å²) in [4.78, 5) is 24.5. The number of ether oxygens (including phenoxy) is 2. The zero-order chi connectivity index (χ0) is 24.2. The lowest BCUT2D eigenvalue weighted by molar-refractivity contribution is -0.155. The van der Waals surface area contributed by atoms with Crippen LogP contribution in [0.15, 0.2) is 28.8 Å². The second-order valence-electron chi connectivity index (χ2n) is 10.5. The van der Waals surface area contributed by atoms with Crippen LogP contribution in [0.25, 0.3) is 11.3 Å². The molecule has 1 fully saturated rings. The summed E-state index contributed by atoms with van der Waals surface area (Å²) < 4.78 is 16.3. The van der Waals surface area contributed by atoms with Crippen LogP contribution in [0.3, 0.4) is 0 Å². The summed E-state index contributed by atoms with van der Waals surface area (Å²) in [5.41, 5.74) is 3.56. The van der Waals surface area contributed by atoms with Gasteiger partial charge in [0.2, 0.25) is 0 Å². The molecule has 0 N–H and O–H groups in total. The first-order chi connectivity index (χ1) is 15.6. The van der Waals surface area contributed by atoms with Gasteiger partial charge in [-0.15, -0.1) is 0 Å². The Bertz CT molecular complexity index is 948. The van der Waals surface area contributed by atoms with Gasteiger partial charge < -0.3 is 14.0 Å². The summed E-state index contributed by atoms with van der Waals surface area (Å²) in [5, 5.41) is 4.44. The molecule has 6 heteroatoms. The molecule has 0 bridgehead atoms. The van der Waals surface area contributed by atoms with Crippen LogP contribution in [0.2, 0.25) is 0 Å². The Kier molecular flexibility index (Phi) is 7.98. The van der Waals surface area contributed by atoms with Crippen molar-refractivity contribution >= 4 is 11.9 Å². The second kappa shape index (κ2) is 10.5. The topological polar surface area (TPSA) is 78.6 Å². The predicted molar refractivity (Wildman–Crippen MR) is 127 cm³/mol. The van der Waals surface area contributed by atoms with Crippen molar-refractivity contribution in [2.45, 2.75) is 90.6 Å². The standard InChI is InChI=1S/C27H37NO5/c1-17(2)15-18-7-9-20(10-8-18)26-24(19-11-12-19)25(28-33-26)21(13-14-22(29)31-6)16-23(30)32-27(3,4)5/h7-10,17,19,21H,11-16H2,1-6H3. The molecule has 1 aromatic heterocycles. The van der Waals surface area contributed by atoms with Gasteiger partial charge in [-0.3, -0.25) is 9.59 Å². The highest BCUT2D eigenvalue weighted by Gasteiger charge is 2.36. The summed E-state index contributed by atoms with van der Waals surface area (Å²) in [7, 11) is 1.37. The highest BCUT2D eigenvalue weighted by molar-refractivity contribution is 5.73. The van der Waals surface area contributed by atoms with Crippen LogP contribution in [0.5, 0.6) is 0 Å². The Morgan fingerprint density at radius 3 is 2.33 bits per heavy atom. The summed E-state index contributed by atoms with van der Waals surface area (Å²) in [6.45, 7) is 9.96. The fourth-order valence-corrected chi connectivity index (χ4v) is 4.16. The third kappa shape index (κ3) is 7.18. The second-order valence-corrected chi connectivity index (χ2v) is 10.5. The maximum absolute atomic E-state index is 12.7. The van der Waals surface area contributed by atoms with Crippen LogP contribution in [0.1, 0.15) is 95.4 Å². The Labute approximate surface area is 197 Å². The van der Waals surface area contributed by atoms with Crippen molar-refractivity contribution in [2.75, 3.05) is 7.11 Å². The summed E-state index contributed by atoms with van der Waals surface area (Å²) in [6.07, 6.45) is 3.98. The molecule has 6 nitrogen and oxygen atoms in total. The average Bonchev–Trinajstić information content (AvgIpc) is 3.47. The molecule has 1 aromatic carbocycles. The minimum Gasteiger partial charge on any atom is -0.469 e. The van der Waals surface area contributed by atoms with Crippen molar-refractivity contribution in [2.24, 2.45) is 5.92 Å². The number of rotatable bonds is 10. The van der Waals surface area contributed by atoms with Gasteiger partial charge in [0.05, 0.1) is 19.2 Å². The monoisotopic (exact) mass is 455 g/mol. The number of aromatic nitrogens is 1. The van der Waals surface area contributed by atoms with E-state index >= 15 is 0 Å². The number of hydrogen-bond acceptors (Lipinski definition) is 6. The fraction of sp³-hybridized carbons (Fsp3) is 0.593. The number of carbonyl (C=O) groups excluding carboxylic acids is 2. The summed E-state index contributed by atoms with van der Waals surface area (Å²) in [6, 6.07) is 8.46. The van der Waals surface area contributed by atoms with E-state index in [-0.39, 0.29) is 30.7 Å². The number of nitrogens with zero attached hydrogens (tertiary/aromatic N) is 1. The molecule has 3 rings (SSSR count). The van der Waals surface area contributed by atoms with Crippen molar-refractivity contribution in [1.82, 2.24) is 5.16 Å². The van der Waals surface area contributed by atoms with Crippen LogP contribution in [-0.2, 0) is 25.5 Å². The number of esters is 2. The fourth-order valence-electron chi connectivity index (χ4n) is 4.16. The van der Waals surface area contributed by atoms with E-state index in [0.717, 1.165) is 41.8 Å². The van der Waals surface area contributed by atoms with E-state index in [0.29, 0.717) is 18.3 Å². The predicted octanol–water partition coefficient (Wildman–Crippen LogP) is 6.19. The zero-order valence-corrected chi connectivity index (χ0v) is 20.8. The van der Waals surface area contributed by atoms with E-state index in [1.54, 1.807) is 0 Å². The van der Waals surface area contributed by atoms with Gasteiger partial charge in [0.25, 0.3) is 0 Å². The molecule has 0 aliphatic heterocycles. The van der Waals surface area contributed by atoms with Gasteiger partial charge in [0.1, 0.15) is 5.60 Å². The molecule has 0 spiro atoms. The minimum atomic E-state index is -0.573. The number of hydrogen-bond donors (Lipinski definition) is 0. The molecule has 1 aliphatic carbocycles. The lowest BCUT2D eigenvalue weighted by Gasteiger charge is -2.22. The summed E-state index contributed by atoms with van der Waals surface area (Å²) >= 11 is 0. The lowest BCUT2D eigenvalue weighted by atomic mass is 9.89. The normalized spacial score (nSPS) is 14.9. The van der Waals surface area contributed by atoms with Crippen molar-refractivity contribution in [3.05, 3.63) is 41.1 Å². The van der Waals surface area contributed by atoms with Crippen molar-refractivity contribution < 1.29 is 23.6 Å². The lowest BCUT2D eigenvalue weighted by Crippen LogP contribution is -2.25. The smallest absolute Gasteiger partial charge is 0.306 e. The van der Waals surface area contributed by atoms with Gasteiger partial charge in [-0.05, 0) is 63.9 Å². The van der Waals surface area contributed by atoms with E-state index in [9.17, 15) is 9.59 Å². The number of benzene rings is 1. The van der Waals surface area contributed by atoms with Crippen molar-refractivity contribution in [3.8, 4) is 11.3 Å². The molecule has 1 aliphatic rings. The van der Waals surface area contributed by atoms with E-state index in [1.807, 2.05) is 20.8 Å². The van der Waals surface area contributed by atoms with Gasteiger partial charge in [-0.2, -0.15) is 0 Å². The molecule has 1 heterocycles. The molecular weight excluding hydrogens is 418 g/mol. The number of carbonyl (C=O) groups is 2. The maximum atomic E-state index is 12.7. The van der Waals surface area contributed by atoms with Crippen LogP contribution in [0, 0.1) is 5.92 Å². The molecule has 180 valence electrons. The SMILES string of the molecule is COC(=O)CCC(CC(=O)OC(C)(C)C)c1noc(-c2ccc(CC(C)C)cc2)c1C1CC1. The first-order valence-electron chi connectivity index (χ1n) is 11.9. The van der Waals surface area contributed by atoms with Gasteiger partial charge in [0, 0.05) is 23.5 Å². The first kappa shape index (κ1) is 25.0. The largest absolute Gasteiger partial charge is 0.469 e. The molecule has 33 heavy (non-hydrogen) atoms. The molecule has 1 atom stereocenters. The Hall–Kier alpha value is -2.63. The molecule has 0 amide bonds. The quantitative estimate of drug-likeness (QED) is 0.398. The van der Waals surface area contributed by atoms with E-state index in [2.05, 4.69) is 43.3 Å². The zero-order valence-electron chi connectivity index (χ0n) is 20.8. The Balaban J connectivity index is 1.90. The van der Waals surface area contributed by atoms with Crippen molar-refractivity contribution in [3.63, 3.8) is 0 Å². The molecule has 1 unspecified atom stereocenters. The first-order valence-corrected chi connectivity index (χ1v) is 11.9. The summed E-state index contributed by atoms with van der Waals surface area (Å²) in [5.74, 6) is 0.862. The van der Waals surface area contributed by atoms with Crippen LogP contribution in [-0.4, -0.2) is 29.8 Å². The van der Waals surface area contributed by atoms with E-state index < -0.39 is 5.60 Å². The highest BCUT2D eigenvalue weighted by Crippen LogP contribution is 2.48. The minimum absolute atomic E-state index is 0.146. The maximum Gasteiger partial charge on any atom is 0.306 e. The van der Waals surface area contributed by atoms with Gasteiger partial charge in [-0.1, -0.05) is 43.3 Å². The Morgan fingerprint density at radius 2 is 1.79 bits per heavy atom. The van der Waals surface area contributed by atoms with E-state index in [1.165, 1.54) is 12.7 Å². The molecule has 0 saturated heterocycles. The molecule has 2 aromatic rings. The van der Waals surface area contributed by atoms with Crippen LogP contribution < -0.4 is 0 Å². The molecule has 1 saturated carbocycles. The van der Waals surface area contributed by atoms with Crippen molar-refractivity contribution in [1.29, 1.82) is 0 Å². The van der Waals surface area contributed by atoms with Crippen LogP contribution >= 0.6 is 0 Å². The van der Waals surface area contributed by atoms with E-state index in [4.69, 9.17) is 14.0 Å². The Morgan fingerprint density at radius 1 is 1.12 bits per heavy atom. The average molecular weight is 456 g/mol. The third-order valence-electron chi connectivity index (χ3n) is 5.75. The molecular formula is C27H37NO5. The number of methoxy groups -OCH3 is 1. The third-order valence-corrected chi connectivity index (χ3v) is 5.75. The van der Waals surface area contributed by atoms with Gasteiger partial charge >= 0.3 is 11.9 Å².